The molecular formula is C20H23ClN2O4. The third-order valence-corrected chi connectivity index (χ3v) is 4.58. The van der Waals surface area contributed by atoms with Gasteiger partial charge in [0.25, 0.3) is 5.91 Å². The molecule has 0 heterocycles. The van der Waals surface area contributed by atoms with Gasteiger partial charge in [0.2, 0.25) is 0 Å². The minimum atomic E-state index is -0.726. The normalized spacial score (nSPS) is 11.6. The summed E-state index contributed by atoms with van der Waals surface area (Å²) in [4.78, 5) is 24.2. The predicted octanol–water partition coefficient (Wildman–Crippen LogP) is 4.24. The van der Waals surface area contributed by atoms with Crippen LogP contribution in [0.2, 0.25) is 5.02 Å². The van der Waals surface area contributed by atoms with E-state index >= 15 is 0 Å². The number of methoxy groups -OCH3 is 1. The average Bonchev–Trinajstić information content (AvgIpc) is 2.67. The van der Waals surface area contributed by atoms with Crippen LogP contribution in [0.3, 0.4) is 0 Å². The minimum Gasteiger partial charge on any atom is -0.496 e. The number of nitrogens with two attached hydrogens (primary N) is 1. The number of carbonyl (C=O) groups is 2. The molecule has 0 aliphatic rings. The van der Waals surface area contributed by atoms with Crippen molar-refractivity contribution in [2.75, 3.05) is 24.8 Å². The van der Waals surface area contributed by atoms with Gasteiger partial charge in [-0.05, 0) is 36.1 Å². The highest BCUT2D eigenvalue weighted by molar-refractivity contribution is 6.33. The topological polar surface area (TPSA) is 90.7 Å². The number of hydrogen-bond acceptors (Lipinski definition) is 5. The van der Waals surface area contributed by atoms with Crippen LogP contribution in [0, 0.1) is 0 Å². The molecule has 0 aliphatic carbocycles. The van der Waals surface area contributed by atoms with Gasteiger partial charge in [0.05, 0.1) is 17.8 Å². The Labute approximate surface area is 163 Å². The highest BCUT2D eigenvalue weighted by Crippen LogP contribution is 2.29. The number of nitrogen functional groups attached to an aromatic ring is 1. The summed E-state index contributed by atoms with van der Waals surface area (Å²) in [7, 11) is 1.40. The van der Waals surface area contributed by atoms with Gasteiger partial charge in [-0.1, -0.05) is 37.6 Å². The van der Waals surface area contributed by atoms with Crippen molar-refractivity contribution in [3.8, 4) is 5.75 Å². The number of esters is 1. The van der Waals surface area contributed by atoms with Crippen molar-refractivity contribution in [2.45, 2.75) is 26.2 Å². The third-order valence-electron chi connectivity index (χ3n) is 4.25. The SMILES string of the molecule is CC[C@@H](C)c1ccc(NC(=O)COC(=O)c2cc(Cl)c(N)cc2OC)cc1. The summed E-state index contributed by atoms with van der Waals surface area (Å²) in [5, 5.41) is 2.89. The van der Waals surface area contributed by atoms with E-state index in [1.807, 2.05) is 24.3 Å². The van der Waals surface area contributed by atoms with E-state index in [4.69, 9.17) is 26.8 Å². The fourth-order valence-electron chi connectivity index (χ4n) is 2.43. The first kappa shape index (κ1) is 20.6. The van der Waals surface area contributed by atoms with Gasteiger partial charge in [0, 0.05) is 11.8 Å². The van der Waals surface area contributed by atoms with Crippen molar-refractivity contribution < 1.29 is 19.1 Å². The first-order valence-electron chi connectivity index (χ1n) is 8.55. The second-order valence-electron chi connectivity index (χ2n) is 6.13. The lowest BCUT2D eigenvalue weighted by Gasteiger charge is -2.12. The Hall–Kier alpha value is -2.73. The summed E-state index contributed by atoms with van der Waals surface area (Å²) in [6, 6.07) is 10.4. The zero-order chi connectivity index (χ0) is 20.0. The van der Waals surface area contributed by atoms with E-state index in [0.717, 1.165) is 6.42 Å². The smallest absolute Gasteiger partial charge is 0.342 e. The molecule has 2 aromatic rings. The second kappa shape index (κ2) is 9.28. The van der Waals surface area contributed by atoms with Gasteiger partial charge in [-0.3, -0.25) is 4.79 Å². The van der Waals surface area contributed by atoms with Crippen LogP contribution in [-0.4, -0.2) is 25.6 Å². The van der Waals surface area contributed by atoms with Crippen LogP contribution in [0.15, 0.2) is 36.4 Å². The molecule has 6 nitrogen and oxygen atoms in total. The Morgan fingerprint density at radius 3 is 2.48 bits per heavy atom. The number of benzene rings is 2. The quantitative estimate of drug-likeness (QED) is 0.545. The van der Waals surface area contributed by atoms with Crippen molar-refractivity contribution in [1.29, 1.82) is 0 Å². The average molecular weight is 391 g/mol. The van der Waals surface area contributed by atoms with E-state index < -0.39 is 18.5 Å². The molecule has 2 rings (SSSR count). The lowest BCUT2D eigenvalue weighted by atomic mass is 9.99. The van der Waals surface area contributed by atoms with Crippen LogP contribution >= 0.6 is 11.6 Å². The van der Waals surface area contributed by atoms with Gasteiger partial charge in [-0.25, -0.2) is 4.79 Å². The molecule has 0 unspecified atom stereocenters. The van der Waals surface area contributed by atoms with Crippen molar-refractivity contribution in [3.05, 3.63) is 52.5 Å². The maximum Gasteiger partial charge on any atom is 0.342 e. The minimum absolute atomic E-state index is 0.0995. The molecule has 144 valence electrons. The molecule has 27 heavy (non-hydrogen) atoms. The summed E-state index contributed by atoms with van der Waals surface area (Å²) in [6.07, 6.45) is 1.04. The van der Waals surface area contributed by atoms with Crippen molar-refractivity contribution in [2.24, 2.45) is 0 Å². The molecule has 1 atom stereocenters. The molecule has 0 aliphatic heterocycles. The van der Waals surface area contributed by atoms with E-state index in [0.29, 0.717) is 11.6 Å². The Bertz CT molecular complexity index is 821. The monoisotopic (exact) mass is 390 g/mol. The van der Waals surface area contributed by atoms with Gasteiger partial charge in [-0.15, -0.1) is 0 Å². The fourth-order valence-corrected chi connectivity index (χ4v) is 2.60. The number of rotatable bonds is 7. The Morgan fingerprint density at radius 2 is 1.89 bits per heavy atom. The summed E-state index contributed by atoms with van der Waals surface area (Å²) in [6.45, 7) is 3.83. The second-order valence-corrected chi connectivity index (χ2v) is 6.54. The van der Waals surface area contributed by atoms with Crippen LogP contribution in [-0.2, 0) is 9.53 Å². The number of hydrogen-bond donors (Lipinski definition) is 2. The van der Waals surface area contributed by atoms with E-state index in [2.05, 4.69) is 19.2 Å². The van der Waals surface area contributed by atoms with Crippen LogP contribution in [0.5, 0.6) is 5.75 Å². The van der Waals surface area contributed by atoms with E-state index in [9.17, 15) is 9.59 Å². The van der Waals surface area contributed by atoms with Gasteiger partial charge in [-0.2, -0.15) is 0 Å². The molecule has 3 N–H and O–H groups in total. The Kier molecular flexibility index (Phi) is 7.07. The van der Waals surface area contributed by atoms with Gasteiger partial charge < -0.3 is 20.5 Å². The molecule has 0 bridgehead atoms. The van der Waals surface area contributed by atoms with E-state index in [-0.39, 0.29) is 22.0 Å². The molecule has 1 amide bonds. The highest BCUT2D eigenvalue weighted by Gasteiger charge is 2.17. The third kappa shape index (κ3) is 5.37. The maximum absolute atomic E-state index is 12.2. The summed E-state index contributed by atoms with van der Waals surface area (Å²) >= 11 is 5.93. The van der Waals surface area contributed by atoms with Gasteiger partial charge in [0.15, 0.2) is 6.61 Å². The van der Waals surface area contributed by atoms with Crippen molar-refractivity contribution >= 4 is 34.9 Å². The first-order chi connectivity index (χ1) is 12.8. The summed E-state index contributed by atoms with van der Waals surface area (Å²) < 4.78 is 10.2. The number of nitrogens with one attached hydrogen (secondary N) is 1. The standard InChI is InChI=1S/C20H23ClN2O4/c1-4-12(2)13-5-7-14(8-6-13)23-19(24)11-27-20(25)15-9-16(21)17(22)10-18(15)26-3/h5-10,12H,4,11,22H2,1-3H3,(H,23,24)/t12-/m1/s1. The number of anilines is 2. The zero-order valence-electron chi connectivity index (χ0n) is 15.5. The number of ether oxygens (including phenoxy) is 2. The van der Waals surface area contributed by atoms with Crippen molar-refractivity contribution in [1.82, 2.24) is 0 Å². The molecule has 0 spiro atoms. The van der Waals surface area contributed by atoms with Crippen LogP contribution in [0.4, 0.5) is 11.4 Å². The lowest BCUT2D eigenvalue weighted by Crippen LogP contribution is -2.21. The largest absolute Gasteiger partial charge is 0.496 e. The molecule has 2 aromatic carbocycles. The van der Waals surface area contributed by atoms with Gasteiger partial charge >= 0.3 is 5.97 Å². The number of halogens is 1. The zero-order valence-corrected chi connectivity index (χ0v) is 16.3. The molecule has 0 radical (unpaired) electrons. The van der Waals surface area contributed by atoms with E-state index in [1.54, 1.807) is 0 Å². The van der Waals surface area contributed by atoms with Crippen LogP contribution in [0.25, 0.3) is 0 Å². The fraction of sp³-hybridized carbons (Fsp3) is 0.300. The van der Waals surface area contributed by atoms with Crippen LogP contribution in [0.1, 0.15) is 42.1 Å². The van der Waals surface area contributed by atoms with Crippen LogP contribution < -0.4 is 15.8 Å². The number of amides is 1. The molecule has 0 fully saturated rings. The van der Waals surface area contributed by atoms with Gasteiger partial charge in [0.1, 0.15) is 11.3 Å². The molecule has 0 aromatic heterocycles. The molecular weight excluding hydrogens is 368 g/mol. The Morgan fingerprint density at radius 1 is 1.22 bits per heavy atom. The highest BCUT2D eigenvalue weighted by atomic mass is 35.5. The summed E-state index contributed by atoms with van der Waals surface area (Å²) in [5.74, 6) is -0.489. The summed E-state index contributed by atoms with van der Waals surface area (Å²) in [5.41, 5.74) is 7.90. The molecule has 7 heteroatoms. The maximum atomic E-state index is 12.2. The first-order valence-corrected chi connectivity index (χ1v) is 8.93. The Balaban J connectivity index is 1.95. The van der Waals surface area contributed by atoms with E-state index in [1.165, 1.54) is 24.8 Å². The van der Waals surface area contributed by atoms with Crippen molar-refractivity contribution in [3.63, 3.8) is 0 Å². The molecule has 0 saturated carbocycles. The molecule has 0 saturated heterocycles. The number of carbonyl (C=O) groups excluding carboxylic acids is 2. The lowest BCUT2D eigenvalue weighted by molar-refractivity contribution is -0.119. The predicted molar refractivity (Wildman–Crippen MR) is 106 cm³/mol.